The minimum Gasteiger partial charge on any atom is -0.478 e. The first-order valence-electron chi connectivity index (χ1n) is 7.05. The van der Waals surface area contributed by atoms with Crippen LogP contribution in [-0.4, -0.2) is 25.7 Å². The van der Waals surface area contributed by atoms with E-state index in [1.165, 1.54) is 12.1 Å². The number of nitrogens with zero attached hydrogens (tertiary/aromatic N) is 3. The maximum atomic E-state index is 10.9. The predicted octanol–water partition coefficient (Wildman–Crippen LogP) is 3.32. The van der Waals surface area contributed by atoms with E-state index in [1.807, 2.05) is 36.5 Å². The molecule has 2 N–H and O–H groups in total. The van der Waals surface area contributed by atoms with Gasteiger partial charge in [0.15, 0.2) is 5.65 Å². The summed E-state index contributed by atoms with van der Waals surface area (Å²) >= 11 is 0. The molecule has 23 heavy (non-hydrogen) atoms. The van der Waals surface area contributed by atoms with Gasteiger partial charge in [-0.05, 0) is 35.7 Å². The average molecular weight is 304 g/mol. The Kier molecular flexibility index (Phi) is 2.94. The van der Waals surface area contributed by atoms with Crippen molar-refractivity contribution in [3.8, 4) is 0 Å². The number of aromatic nitrogens is 3. The third-order valence-electron chi connectivity index (χ3n) is 3.62. The van der Waals surface area contributed by atoms with Gasteiger partial charge in [-0.25, -0.2) is 9.31 Å². The molecule has 0 saturated heterocycles. The fraction of sp³-hybridized carbons (Fsp3) is 0. The highest BCUT2D eigenvalue weighted by molar-refractivity contribution is 5.94. The summed E-state index contributed by atoms with van der Waals surface area (Å²) in [5.41, 5.74) is 1.74. The van der Waals surface area contributed by atoms with Gasteiger partial charge in [-0.1, -0.05) is 24.3 Å². The number of anilines is 2. The molecule has 4 rings (SSSR count). The minimum atomic E-state index is -0.950. The van der Waals surface area contributed by atoms with Gasteiger partial charge in [0.05, 0.1) is 5.56 Å². The Labute approximate surface area is 131 Å². The standard InChI is InChI=1S/C17H12N4O2/c22-16(23)12-5-7-13(8-6-12)18-17-19-15-14-4-2-1-3-11(14)9-10-21(15)20-17/h1-10H,(H,18,20)(H,22,23). The van der Waals surface area contributed by atoms with Crippen LogP contribution in [0.4, 0.5) is 11.6 Å². The Balaban J connectivity index is 1.72. The fourth-order valence-corrected chi connectivity index (χ4v) is 2.49. The molecule has 0 aliphatic rings. The number of hydrogen-bond donors (Lipinski definition) is 2. The summed E-state index contributed by atoms with van der Waals surface area (Å²) in [6.07, 6.45) is 1.86. The van der Waals surface area contributed by atoms with Crippen LogP contribution in [0.25, 0.3) is 16.4 Å². The summed E-state index contributed by atoms with van der Waals surface area (Å²) in [4.78, 5) is 15.4. The van der Waals surface area contributed by atoms with E-state index in [0.717, 1.165) is 22.1 Å². The second kappa shape index (κ2) is 5.10. The third kappa shape index (κ3) is 2.36. The number of carboxylic acid groups (broad SMARTS) is 1. The van der Waals surface area contributed by atoms with Crippen LogP contribution in [0.15, 0.2) is 60.8 Å². The van der Waals surface area contributed by atoms with Crippen molar-refractivity contribution in [2.24, 2.45) is 0 Å². The van der Waals surface area contributed by atoms with E-state index in [0.29, 0.717) is 5.95 Å². The number of pyridine rings is 1. The van der Waals surface area contributed by atoms with E-state index < -0.39 is 5.97 Å². The molecule has 2 aromatic carbocycles. The summed E-state index contributed by atoms with van der Waals surface area (Å²) in [6.45, 7) is 0. The topological polar surface area (TPSA) is 79.5 Å². The first kappa shape index (κ1) is 13.3. The van der Waals surface area contributed by atoms with Gasteiger partial charge in [-0.3, -0.25) is 0 Å². The molecule has 0 radical (unpaired) electrons. The molecule has 0 atom stereocenters. The fourth-order valence-electron chi connectivity index (χ4n) is 2.49. The number of benzene rings is 2. The van der Waals surface area contributed by atoms with Crippen LogP contribution in [0.5, 0.6) is 0 Å². The molecule has 6 heteroatoms. The lowest BCUT2D eigenvalue weighted by molar-refractivity contribution is 0.0697. The second-order valence-corrected chi connectivity index (χ2v) is 5.11. The van der Waals surface area contributed by atoms with Crippen molar-refractivity contribution in [2.45, 2.75) is 0 Å². The maximum absolute atomic E-state index is 10.9. The lowest BCUT2D eigenvalue weighted by Crippen LogP contribution is -1.97. The Hall–Kier alpha value is -3.41. The van der Waals surface area contributed by atoms with Crippen molar-refractivity contribution < 1.29 is 9.90 Å². The highest BCUT2D eigenvalue weighted by Crippen LogP contribution is 2.21. The van der Waals surface area contributed by atoms with Crippen molar-refractivity contribution in [3.63, 3.8) is 0 Å². The van der Waals surface area contributed by atoms with E-state index in [2.05, 4.69) is 15.4 Å². The average Bonchev–Trinajstić information content (AvgIpc) is 2.98. The summed E-state index contributed by atoms with van der Waals surface area (Å²) in [5.74, 6) is -0.488. The van der Waals surface area contributed by atoms with Gasteiger partial charge in [-0.2, -0.15) is 4.98 Å². The summed E-state index contributed by atoms with van der Waals surface area (Å²) < 4.78 is 1.72. The Morgan fingerprint density at radius 2 is 1.83 bits per heavy atom. The van der Waals surface area contributed by atoms with Crippen LogP contribution in [-0.2, 0) is 0 Å². The Bertz CT molecular complexity index is 1020. The molecule has 112 valence electrons. The van der Waals surface area contributed by atoms with Crippen molar-refractivity contribution in [3.05, 3.63) is 66.4 Å². The molecule has 0 saturated carbocycles. The summed E-state index contributed by atoms with van der Waals surface area (Å²) in [5, 5.41) is 18.5. The van der Waals surface area contributed by atoms with Gasteiger partial charge in [-0.15, -0.1) is 5.10 Å². The number of carboxylic acids is 1. The quantitative estimate of drug-likeness (QED) is 0.607. The number of nitrogens with one attached hydrogen (secondary N) is 1. The zero-order valence-corrected chi connectivity index (χ0v) is 12.0. The smallest absolute Gasteiger partial charge is 0.335 e. The molecule has 0 aliphatic heterocycles. The molecule has 0 unspecified atom stereocenters. The third-order valence-corrected chi connectivity index (χ3v) is 3.62. The van der Waals surface area contributed by atoms with E-state index in [1.54, 1.807) is 16.6 Å². The molecular weight excluding hydrogens is 292 g/mol. The maximum Gasteiger partial charge on any atom is 0.335 e. The van der Waals surface area contributed by atoms with E-state index in [4.69, 9.17) is 5.11 Å². The van der Waals surface area contributed by atoms with E-state index >= 15 is 0 Å². The van der Waals surface area contributed by atoms with Crippen molar-refractivity contribution in [1.82, 2.24) is 14.6 Å². The van der Waals surface area contributed by atoms with Crippen LogP contribution in [0, 0.1) is 0 Å². The van der Waals surface area contributed by atoms with Gasteiger partial charge in [0.2, 0.25) is 5.95 Å². The van der Waals surface area contributed by atoms with Gasteiger partial charge in [0.1, 0.15) is 0 Å². The highest BCUT2D eigenvalue weighted by Gasteiger charge is 2.08. The largest absolute Gasteiger partial charge is 0.478 e. The van der Waals surface area contributed by atoms with Crippen molar-refractivity contribution in [2.75, 3.05) is 5.32 Å². The number of fused-ring (bicyclic) bond motifs is 3. The van der Waals surface area contributed by atoms with Gasteiger partial charge in [0, 0.05) is 17.3 Å². The summed E-state index contributed by atoms with van der Waals surface area (Å²) in [7, 11) is 0. The van der Waals surface area contributed by atoms with Crippen LogP contribution in [0.3, 0.4) is 0 Å². The van der Waals surface area contributed by atoms with Crippen LogP contribution in [0.2, 0.25) is 0 Å². The van der Waals surface area contributed by atoms with Crippen LogP contribution < -0.4 is 5.32 Å². The molecule has 2 aromatic heterocycles. The molecule has 0 amide bonds. The monoisotopic (exact) mass is 304 g/mol. The molecule has 0 spiro atoms. The highest BCUT2D eigenvalue weighted by atomic mass is 16.4. The van der Waals surface area contributed by atoms with Crippen molar-refractivity contribution in [1.29, 1.82) is 0 Å². The van der Waals surface area contributed by atoms with E-state index in [9.17, 15) is 4.79 Å². The van der Waals surface area contributed by atoms with Crippen LogP contribution in [0.1, 0.15) is 10.4 Å². The van der Waals surface area contributed by atoms with E-state index in [-0.39, 0.29) is 5.56 Å². The van der Waals surface area contributed by atoms with Gasteiger partial charge >= 0.3 is 5.97 Å². The van der Waals surface area contributed by atoms with Crippen molar-refractivity contribution >= 4 is 34.0 Å². The second-order valence-electron chi connectivity index (χ2n) is 5.11. The molecule has 2 heterocycles. The Morgan fingerprint density at radius 1 is 1.04 bits per heavy atom. The molecule has 6 nitrogen and oxygen atoms in total. The predicted molar refractivity (Wildman–Crippen MR) is 87.2 cm³/mol. The molecule has 4 aromatic rings. The van der Waals surface area contributed by atoms with Gasteiger partial charge in [0.25, 0.3) is 0 Å². The van der Waals surface area contributed by atoms with Crippen LogP contribution >= 0.6 is 0 Å². The minimum absolute atomic E-state index is 0.240. The number of hydrogen-bond acceptors (Lipinski definition) is 4. The van der Waals surface area contributed by atoms with Gasteiger partial charge < -0.3 is 10.4 Å². The zero-order valence-electron chi connectivity index (χ0n) is 12.0. The zero-order chi connectivity index (χ0) is 15.8. The molecule has 0 bridgehead atoms. The number of aromatic carboxylic acids is 1. The molecular formula is C17H12N4O2. The molecule has 0 aliphatic carbocycles. The first-order chi connectivity index (χ1) is 11.2. The first-order valence-corrected chi connectivity index (χ1v) is 7.05. The summed E-state index contributed by atoms with van der Waals surface area (Å²) in [6, 6.07) is 16.4. The number of carbonyl (C=O) groups is 1. The number of rotatable bonds is 3. The Morgan fingerprint density at radius 3 is 2.61 bits per heavy atom. The SMILES string of the molecule is O=C(O)c1ccc(Nc2nc3c4ccccc4ccn3n2)cc1. The molecule has 0 fully saturated rings. The lowest BCUT2D eigenvalue weighted by Gasteiger charge is -2.01. The normalized spacial score (nSPS) is 11.0. The lowest BCUT2D eigenvalue weighted by atomic mass is 10.2.